The molecule has 0 bridgehead atoms. The summed E-state index contributed by atoms with van der Waals surface area (Å²) in [5.41, 5.74) is -1.12. The second kappa shape index (κ2) is 12.6. The van der Waals surface area contributed by atoms with E-state index in [1.54, 1.807) is 18.2 Å². The maximum atomic E-state index is 15.1. The van der Waals surface area contributed by atoms with Gasteiger partial charge in [-0.25, -0.2) is 30.7 Å². The highest BCUT2D eigenvalue weighted by Gasteiger charge is 2.41. The molecule has 0 spiro atoms. The first-order chi connectivity index (χ1) is 21.4. The van der Waals surface area contributed by atoms with Crippen molar-refractivity contribution in [2.24, 2.45) is 0 Å². The largest absolute Gasteiger partial charge is 0.432 e. The molecule has 5 aromatic rings. The molecule has 5 rings (SSSR count). The molecule has 0 saturated carbocycles. The Kier molecular flexibility index (Phi) is 8.77. The fraction of sp³-hybridized carbons (Fsp3) is 0.0857. The number of alkyl halides is 2. The summed E-state index contributed by atoms with van der Waals surface area (Å²) in [6.45, 7) is 3.68. The molecule has 0 aliphatic heterocycles. The molecule has 0 aliphatic rings. The molecule has 5 aromatic carbocycles. The third-order valence-electron chi connectivity index (χ3n) is 7.02. The Hall–Kier alpha value is -4.99. The number of allylic oxidation sites excluding steroid dienone is 1. The number of ether oxygens (including phenoxy) is 1. The van der Waals surface area contributed by atoms with E-state index in [9.17, 15) is 35.1 Å². The highest BCUT2D eigenvalue weighted by Crippen LogP contribution is 2.39. The second-order valence-electron chi connectivity index (χ2n) is 10.0. The van der Waals surface area contributed by atoms with E-state index in [4.69, 9.17) is 0 Å². The Morgan fingerprint density at radius 1 is 0.556 bits per heavy atom. The lowest BCUT2D eigenvalue weighted by molar-refractivity contribution is -0.189. The molecule has 0 atom stereocenters. The summed E-state index contributed by atoms with van der Waals surface area (Å²) in [4.78, 5) is 0. The molecular formula is C35H21F9O. The molecule has 0 unspecified atom stereocenters. The van der Waals surface area contributed by atoms with Crippen LogP contribution >= 0.6 is 0 Å². The fourth-order valence-corrected chi connectivity index (χ4v) is 4.77. The van der Waals surface area contributed by atoms with Crippen molar-refractivity contribution in [2.75, 3.05) is 0 Å². The molecular weight excluding hydrogens is 607 g/mol. The van der Waals surface area contributed by atoms with Crippen molar-refractivity contribution in [3.63, 3.8) is 0 Å². The predicted molar refractivity (Wildman–Crippen MR) is 152 cm³/mol. The van der Waals surface area contributed by atoms with Crippen molar-refractivity contribution in [2.45, 2.75) is 19.0 Å². The standard InChI is InChI=1S/C35H21F9O/c1-2-3-4-19-5-7-20(8-6-19)21-9-11-25(27(36)13-21)22-14-29(38)33(30(39)15-22)35(43,44)45-24-10-12-26(28(37)18-24)23-16-31(40)34(42)32(41)17-23/h2,5-18H,1,3-4H2. The van der Waals surface area contributed by atoms with E-state index in [2.05, 4.69) is 11.3 Å². The van der Waals surface area contributed by atoms with E-state index in [0.29, 0.717) is 41.5 Å². The van der Waals surface area contributed by atoms with Crippen LogP contribution in [0.15, 0.2) is 97.6 Å². The monoisotopic (exact) mass is 628 g/mol. The molecule has 0 N–H and O–H groups in total. The minimum atomic E-state index is -4.67. The normalized spacial score (nSPS) is 11.5. The van der Waals surface area contributed by atoms with Crippen molar-refractivity contribution in [3.8, 4) is 39.1 Å². The average Bonchev–Trinajstić information content (AvgIpc) is 2.98. The Labute approximate surface area is 251 Å². The lowest BCUT2D eigenvalue weighted by Crippen LogP contribution is -2.25. The van der Waals surface area contributed by atoms with Gasteiger partial charge in [-0.05, 0) is 83.1 Å². The van der Waals surface area contributed by atoms with Gasteiger partial charge >= 0.3 is 6.11 Å². The molecule has 1 nitrogen and oxygen atoms in total. The van der Waals surface area contributed by atoms with Gasteiger partial charge in [0.15, 0.2) is 17.5 Å². The smallest absolute Gasteiger partial charge is 0.429 e. The van der Waals surface area contributed by atoms with Crippen LogP contribution in [0.1, 0.15) is 17.5 Å². The molecule has 0 saturated heterocycles. The summed E-state index contributed by atoms with van der Waals surface area (Å²) in [6, 6.07) is 15.3. The van der Waals surface area contributed by atoms with Gasteiger partial charge in [0.05, 0.1) is 0 Å². The first kappa shape index (κ1) is 31.4. The van der Waals surface area contributed by atoms with Crippen LogP contribution in [0.2, 0.25) is 0 Å². The summed E-state index contributed by atoms with van der Waals surface area (Å²) in [5, 5.41) is 0. The third kappa shape index (κ3) is 6.60. The average molecular weight is 629 g/mol. The quantitative estimate of drug-likeness (QED) is 0.0897. The van der Waals surface area contributed by atoms with Gasteiger partial charge in [-0.1, -0.05) is 42.5 Å². The number of hydrogen-bond donors (Lipinski definition) is 0. The van der Waals surface area contributed by atoms with E-state index >= 15 is 4.39 Å². The summed E-state index contributed by atoms with van der Waals surface area (Å²) in [6.07, 6.45) is -1.29. The number of halogens is 9. The van der Waals surface area contributed by atoms with Crippen LogP contribution in [0.4, 0.5) is 39.5 Å². The van der Waals surface area contributed by atoms with Crippen LogP contribution in [0.3, 0.4) is 0 Å². The second-order valence-corrected chi connectivity index (χ2v) is 10.0. The van der Waals surface area contributed by atoms with Crippen LogP contribution in [0.25, 0.3) is 33.4 Å². The van der Waals surface area contributed by atoms with Gasteiger partial charge in [-0.15, -0.1) is 6.58 Å². The first-order valence-corrected chi connectivity index (χ1v) is 13.4. The van der Waals surface area contributed by atoms with Crippen LogP contribution in [-0.2, 0) is 12.5 Å². The molecule has 0 aromatic heterocycles. The SMILES string of the molecule is C=CCCc1ccc(-c2ccc(-c3cc(F)c(C(F)(F)Oc4ccc(-c5cc(F)c(F)c(F)c5)c(F)c4)c(F)c3)c(F)c2)cc1. The summed E-state index contributed by atoms with van der Waals surface area (Å²) < 4.78 is 134. The van der Waals surface area contributed by atoms with E-state index in [1.165, 1.54) is 12.1 Å². The minimum Gasteiger partial charge on any atom is -0.429 e. The molecule has 0 amide bonds. The Balaban J connectivity index is 1.38. The zero-order valence-electron chi connectivity index (χ0n) is 23.1. The van der Waals surface area contributed by atoms with Crippen molar-refractivity contribution in [1.29, 1.82) is 0 Å². The van der Waals surface area contributed by atoms with Crippen LogP contribution in [0, 0.1) is 40.7 Å². The van der Waals surface area contributed by atoms with Gasteiger partial charge in [0.1, 0.15) is 34.6 Å². The molecule has 230 valence electrons. The highest BCUT2D eigenvalue weighted by atomic mass is 19.3. The topological polar surface area (TPSA) is 9.23 Å². The van der Waals surface area contributed by atoms with Crippen LogP contribution in [0.5, 0.6) is 5.75 Å². The number of rotatable bonds is 9. The summed E-state index contributed by atoms with van der Waals surface area (Å²) in [7, 11) is 0. The molecule has 0 radical (unpaired) electrons. The predicted octanol–water partition coefficient (Wildman–Crippen LogP) is 10.9. The maximum absolute atomic E-state index is 15.1. The van der Waals surface area contributed by atoms with Gasteiger partial charge in [0.25, 0.3) is 0 Å². The van der Waals surface area contributed by atoms with Gasteiger partial charge in [0, 0.05) is 17.2 Å². The van der Waals surface area contributed by atoms with Crippen molar-refractivity contribution < 1.29 is 44.3 Å². The van der Waals surface area contributed by atoms with Gasteiger partial charge in [0.2, 0.25) is 0 Å². The molecule has 45 heavy (non-hydrogen) atoms. The molecule has 0 heterocycles. The summed E-state index contributed by atoms with van der Waals surface area (Å²) >= 11 is 0. The molecule has 10 heteroatoms. The highest BCUT2D eigenvalue weighted by molar-refractivity contribution is 5.71. The van der Waals surface area contributed by atoms with Gasteiger partial charge in [-0.2, -0.15) is 8.78 Å². The van der Waals surface area contributed by atoms with E-state index in [-0.39, 0.29) is 11.1 Å². The zero-order valence-corrected chi connectivity index (χ0v) is 23.1. The number of benzene rings is 5. The zero-order chi connectivity index (χ0) is 32.5. The molecule has 0 fully saturated rings. The fourth-order valence-electron chi connectivity index (χ4n) is 4.77. The van der Waals surface area contributed by atoms with Gasteiger partial charge < -0.3 is 4.74 Å². The Morgan fingerprint density at radius 2 is 1.04 bits per heavy atom. The maximum Gasteiger partial charge on any atom is 0.432 e. The van der Waals surface area contributed by atoms with E-state index in [1.807, 2.05) is 12.1 Å². The Bertz CT molecular complexity index is 1850. The van der Waals surface area contributed by atoms with Crippen LogP contribution < -0.4 is 4.74 Å². The lowest BCUT2D eigenvalue weighted by Gasteiger charge is -2.20. The van der Waals surface area contributed by atoms with Gasteiger partial charge in [-0.3, -0.25) is 0 Å². The van der Waals surface area contributed by atoms with Crippen LogP contribution in [-0.4, -0.2) is 0 Å². The van der Waals surface area contributed by atoms with Crippen molar-refractivity contribution in [1.82, 2.24) is 0 Å². The van der Waals surface area contributed by atoms with Crippen molar-refractivity contribution >= 4 is 0 Å². The van der Waals surface area contributed by atoms with E-state index < -0.39 is 69.3 Å². The number of aryl methyl sites for hydroxylation is 1. The number of hydrogen-bond acceptors (Lipinski definition) is 1. The van der Waals surface area contributed by atoms with E-state index in [0.717, 1.165) is 36.6 Å². The lowest BCUT2D eigenvalue weighted by atomic mass is 9.97. The molecule has 0 aliphatic carbocycles. The Morgan fingerprint density at radius 3 is 1.58 bits per heavy atom. The first-order valence-electron chi connectivity index (χ1n) is 13.4. The third-order valence-corrected chi connectivity index (χ3v) is 7.02. The summed E-state index contributed by atoms with van der Waals surface area (Å²) in [5.74, 6) is -11.6. The van der Waals surface area contributed by atoms with Crippen molar-refractivity contribution in [3.05, 3.63) is 149 Å². The minimum absolute atomic E-state index is 0.249.